The van der Waals surface area contributed by atoms with Crippen molar-refractivity contribution in [1.29, 1.82) is 0 Å². The van der Waals surface area contributed by atoms with Crippen LogP contribution in [0.1, 0.15) is 33.6 Å². The van der Waals surface area contributed by atoms with E-state index in [1.807, 2.05) is 29.2 Å². The Kier molecular flexibility index (Phi) is 5.00. The Labute approximate surface area is 201 Å². The Bertz CT molecular complexity index is 1500. The fourth-order valence-corrected chi connectivity index (χ4v) is 5.49. The third kappa shape index (κ3) is 3.61. The summed E-state index contributed by atoms with van der Waals surface area (Å²) in [6.07, 6.45) is 2.21. The number of carbonyl (C=O) groups is 2. The number of likely N-dealkylation sites (tertiary alicyclic amines) is 1. The van der Waals surface area contributed by atoms with Crippen LogP contribution in [0, 0.1) is 5.82 Å². The molecule has 7 nitrogen and oxygen atoms in total. The van der Waals surface area contributed by atoms with Gasteiger partial charge >= 0.3 is 0 Å². The van der Waals surface area contributed by atoms with Crippen molar-refractivity contribution in [3.8, 4) is 16.9 Å². The topological polar surface area (TPSA) is 100 Å². The highest BCUT2D eigenvalue weighted by atomic mass is 19.1. The van der Waals surface area contributed by atoms with Gasteiger partial charge in [0, 0.05) is 47.0 Å². The maximum absolute atomic E-state index is 14.4. The van der Waals surface area contributed by atoms with E-state index in [9.17, 15) is 14.0 Å². The highest BCUT2D eigenvalue weighted by molar-refractivity contribution is 6.17. The second-order valence-electron chi connectivity index (χ2n) is 9.39. The third-order valence-corrected chi connectivity index (χ3v) is 7.21. The molecular formula is C27H25FN4O3. The van der Waals surface area contributed by atoms with Crippen molar-refractivity contribution in [3.05, 3.63) is 65.5 Å². The average Bonchev–Trinajstić information content (AvgIpc) is 3.40. The number of aromatic amines is 1. The zero-order chi connectivity index (χ0) is 24.3. The van der Waals surface area contributed by atoms with E-state index in [2.05, 4.69) is 10.3 Å². The lowest BCUT2D eigenvalue weighted by atomic mass is 9.98. The predicted molar refractivity (Wildman–Crippen MR) is 132 cm³/mol. The summed E-state index contributed by atoms with van der Waals surface area (Å²) in [7, 11) is 1.41. The van der Waals surface area contributed by atoms with Gasteiger partial charge in [-0.25, -0.2) is 4.39 Å². The summed E-state index contributed by atoms with van der Waals surface area (Å²) in [5.41, 5.74) is 9.20. The molecule has 2 aliphatic rings. The Morgan fingerprint density at radius 2 is 1.77 bits per heavy atom. The largest absolute Gasteiger partial charge is 0.494 e. The molecule has 1 aromatic heterocycles. The van der Waals surface area contributed by atoms with Crippen LogP contribution in [0.15, 0.2) is 48.5 Å². The highest BCUT2D eigenvalue weighted by Crippen LogP contribution is 2.34. The van der Waals surface area contributed by atoms with Crippen LogP contribution in [0.4, 0.5) is 4.39 Å². The maximum Gasteiger partial charge on any atom is 0.254 e. The molecule has 6 rings (SSSR count). The number of ether oxygens (including phenoxy) is 1. The fourth-order valence-electron chi connectivity index (χ4n) is 5.49. The van der Waals surface area contributed by atoms with Crippen molar-refractivity contribution < 1.29 is 18.7 Å². The van der Waals surface area contributed by atoms with Gasteiger partial charge in [0.05, 0.1) is 18.2 Å². The van der Waals surface area contributed by atoms with E-state index < -0.39 is 11.7 Å². The van der Waals surface area contributed by atoms with Crippen molar-refractivity contribution in [2.75, 3.05) is 20.2 Å². The number of aromatic nitrogens is 1. The van der Waals surface area contributed by atoms with Crippen molar-refractivity contribution in [2.24, 2.45) is 5.73 Å². The number of hydrogen-bond donors (Lipinski definition) is 3. The van der Waals surface area contributed by atoms with E-state index in [4.69, 9.17) is 10.5 Å². The number of H-pyrrole nitrogens is 1. The molecule has 0 aliphatic carbocycles. The number of nitrogens with zero attached hydrogens (tertiary/aromatic N) is 1. The summed E-state index contributed by atoms with van der Waals surface area (Å²) in [6.45, 7) is 1.43. The number of amides is 2. The lowest BCUT2D eigenvalue weighted by Crippen LogP contribution is -2.53. The molecule has 3 heterocycles. The Morgan fingerprint density at radius 1 is 1.00 bits per heavy atom. The molecule has 2 amide bonds. The zero-order valence-electron chi connectivity index (χ0n) is 19.2. The number of fused-ring (bicyclic) bond motifs is 5. The van der Waals surface area contributed by atoms with Crippen molar-refractivity contribution >= 4 is 33.6 Å². The van der Waals surface area contributed by atoms with Gasteiger partial charge in [-0.1, -0.05) is 12.1 Å². The first-order valence-corrected chi connectivity index (χ1v) is 11.7. The predicted octanol–water partition coefficient (Wildman–Crippen LogP) is 3.81. The van der Waals surface area contributed by atoms with Gasteiger partial charge in [-0.05, 0) is 60.4 Å². The van der Waals surface area contributed by atoms with Crippen molar-refractivity contribution in [1.82, 2.24) is 15.2 Å². The number of rotatable bonds is 4. The number of hydrogen-bond acceptors (Lipinski definition) is 4. The van der Waals surface area contributed by atoms with Gasteiger partial charge in [0.15, 0.2) is 11.6 Å². The number of primary amides is 1. The van der Waals surface area contributed by atoms with Crippen LogP contribution in [0.5, 0.6) is 5.75 Å². The number of carbonyl (C=O) groups excluding carboxylic acids is 2. The van der Waals surface area contributed by atoms with E-state index in [0.717, 1.165) is 29.1 Å². The molecule has 2 atom stereocenters. The molecule has 2 aliphatic heterocycles. The van der Waals surface area contributed by atoms with Gasteiger partial charge in [-0.2, -0.15) is 0 Å². The normalized spacial score (nSPS) is 19.4. The SMILES string of the molecule is COc1ccc(-c2cc(C(N)=O)c3[nH]c4cc(C(=O)N5CC6CCC(C5)N6)ccc4c3c2)cc1F. The number of methoxy groups -OCH3 is 1. The monoisotopic (exact) mass is 472 g/mol. The quantitative estimate of drug-likeness (QED) is 0.421. The second-order valence-corrected chi connectivity index (χ2v) is 9.39. The minimum atomic E-state index is -0.593. The number of halogens is 1. The third-order valence-electron chi connectivity index (χ3n) is 7.21. The fraction of sp³-hybridized carbons (Fsp3) is 0.259. The van der Waals surface area contributed by atoms with Crippen LogP contribution < -0.4 is 15.8 Å². The van der Waals surface area contributed by atoms with E-state index in [1.54, 1.807) is 18.2 Å². The maximum atomic E-state index is 14.4. The molecule has 2 saturated heterocycles. The van der Waals surface area contributed by atoms with Crippen LogP contribution in [-0.2, 0) is 0 Å². The molecule has 2 unspecified atom stereocenters. The molecule has 2 fully saturated rings. The Balaban J connectivity index is 1.44. The van der Waals surface area contributed by atoms with E-state index in [-0.39, 0.29) is 11.7 Å². The summed E-state index contributed by atoms with van der Waals surface area (Å²) < 4.78 is 19.4. The lowest BCUT2D eigenvalue weighted by Gasteiger charge is -2.33. The number of nitrogens with two attached hydrogens (primary N) is 1. The summed E-state index contributed by atoms with van der Waals surface area (Å²) in [5.74, 6) is -0.931. The summed E-state index contributed by atoms with van der Waals surface area (Å²) >= 11 is 0. The smallest absolute Gasteiger partial charge is 0.254 e. The molecule has 2 bridgehead atoms. The van der Waals surface area contributed by atoms with Gasteiger partial charge in [0.2, 0.25) is 0 Å². The van der Waals surface area contributed by atoms with Crippen molar-refractivity contribution in [3.63, 3.8) is 0 Å². The summed E-state index contributed by atoms with van der Waals surface area (Å²) in [5, 5.41) is 5.18. The Hall–Kier alpha value is -3.91. The van der Waals surface area contributed by atoms with Crippen LogP contribution in [0.2, 0.25) is 0 Å². The highest BCUT2D eigenvalue weighted by Gasteiger charge is 2.34. The number of benzene rings is 3. The number of piperazine rings is 1. The van der Waals surface area contributed by atoms with Crippen LogP contribution >= 0.6 is 0 Å². The van der Waals surface area contributed by atoms with E-state index in [0.29, 0.717) is 52.9 Å². The molecule has 4 N–H and O–H groups in total. The van der Waals surface area contributed by atoms with Gasteiger partial charge < -0.3 is 25.7 Å². The lowest BCUT2D eigenvalue weighted by molar-refractivity contribution is 0.0697. The molecule has 0 radical (unpaired) electrons. The molecule has 0 saturated carbocycles. The van der Waals surface area contributed by atoms with Crippen molar-refractivity contribution in [2.45, 2.75) is 24.9 Å². The van der Waals surface area contributed by atoms with Crippen LogP contribution in [0.25, 0.3) is 32.9 Å². The first-order chi connectivity index (χ1) is 16.9. The molecule has 178 valence electrons. The van der Waals surface area contributed by atoms with Crippen LogP contribution in [-0.4, -0.2) is 54.0 Å². The Morgan fingerprint density at radius 3 is 2.46 bits per heavy atom. The van der Waals surface area contributed by atoms with Gasteiger partial charge in [0.1, 0.15) is 0 Å². The first-order valence-electron chi connectivity index (χ1n) is 11.7. The van der Waals surface area contributed by atoms with Gasteiger partial charge in [-0.3, -0.25) is 9.59 Å². The van der Waals surface area contributed by atoms with E-state index in [1.165, 1.54) is 13.2 Å². The average molecular weight is 473 g/mol. The number of nitrogens with one attached hydrogen (secondary N) is 2. The summed E-state index contributed by atoms with van der Waals surface area (Å²) in [6, 6.07) is 14.5. The zero-order valence-corrected chi connectivity index (χ0v) is 19.2. The molecule has 3 aromatic carbocycles. The minimum Gasteiger partial charge on any atom is -0.494 e. The minimum absolute atomic E-state index is 0.00785. The van der Waals surface area contributed by atoms with E-state index >= 15 is 0 Å². The first kappa shape index (κ1) is 21.6. The molecule has 35 heavy (non-hydrogen) atoms. The van der Waals surface area contributed by atoms with Gasteiger partial charge in [0.25, 0.3) is 11.8 Å². The second kappa shape index (κ2) is 8.09. The molecular weight excluding hydrogens is 447 g/mol. The van der Waals surface area contributed by atoms with Crippen LogP contribution in [0.3, 0.4) is 0 Å². The molecule has 8 heteroatoms. The molecule has 4 aromatic rings. The standard InChI is InChI=1S/C27H25FN4O3/c1-35-24-7-3-14(10-22(24)28)16-8-20-19-6-2-15(11-23(19)31-25(20)21(9-16)26(29)33)27(34)32-12-17-4-5-18(13-32)30-17/h2-3,6-11,17-18,30-31H,4-5,12-13H2,1H3,(H2,29,33). The summed E-state index contributed by atoms with van der Waals surface area (Å²) in [4.78, 5) is 30.8. The van der Waals surface area contributed by atoms with Gasteiger partial charge in [-0.15, -0.1) is 0 Å². The molecule has 0 spiro atoms.